The van der Waals surface area contributed by atoms with E-state index in [0.717, 1.165) is 37.8 Å². The van der Waals surface area contributed by atoms with E-state index in [1.54, 1.807) is 11.0 Å². The van der Waals surface area contributed by atoms with Gasteiger partial charge in [-0.2, -0.15) is 0 Å². The molecule has 4 heterocycles. The molecule has 0 spiro atoms. The lowest BCUT2D eigenvalue weighted by molar-refractivity contribution is -0.883. The smallest absolute Gasteiger partial charge is 0.333 e. The predicted octanol–water partition coefficient (Wildman–Crippen LogP) is 3.58. The number of hydrogen-bond acceptors (Lipinski definition) is 9. The van der Waals surface area contributed by atoms with Crippen LogP contribution in [0.1, 0.15) is 16.0 Å². The lowest BCUT2D eigenvalue weighted by atomic mass is 10.0. The van der Waals surface area contributed by atoms with E-state index in [9.17, 15) is 9.59 Å². The third-order valence-electron chi connectivity index (χ3n) is 7.39. The van der Waals surface area contributed by atoms with Crippen molar-refractivity contribution in [2.24, 2.45) is 0 Å². The summed E-state index contributed by atoms with van der Waals surface area (Å²) in [6.45, 7) is 1.82. The minimum Gasteiger partial charge on any atom is -0.383 e. The van der Waals surface area contributed by atoms with Crippen LogP contribution in [0.4, 0.5) is 11.6 Å². The van der Waals surface area contributed by atoms with Crippen LogP contribution in [0.25, 0.3) is 21.8 Å². The number of quaternary nitrogens is 1. The molecule has 3 aromatic heterocycles. The van der Waals surface area contributed by atoms with Crippen molar-refractivity contribution in [1.82, 2.24) is 24.8 Å². The molecule has 202 valence electrons. The van der Waals surface area contributed by atoms with Crippen molar-refractivity contribution in [2.45, 2.75) is 19.5 Å². The number of amides is 2. The maximum Gasteiger partial charge on any atom is 0.333 e. The Balaban J connectivity index is 1.31. The summed E-state index contributed by atoms with van der Waals surface area (Å²) in [6.07, 6.45) is 3.09. The highest BCUT2D eigenvalue weighted by molar-refractivity contribution is 7.16. The summed E-state index contributed by atoms with van der Waals surface area (Å²) in [5, 5.41) is 1.53. The van der Waals surface area contributed by atoms with Gasteiger partial charge in [0.2, 0.25) is 5.91 Å². The molecule has 0 bridgehead atoms. The number of anilines is 2. The van der Waals surface area contributed by atoms with Crippen LogP contribution < -0.4 is 11.5 Å². The van der Waals surface area contributed by atoms with E-state index in [-0.39, 0.29) is 29.3 Å². The van der Waals surface area contributed by atoms with Crippen LogP contribution in [0.3, 0.4) is 0 Å². The van der Waals surface area contributed by atoms with E-state index in [4.69, 9.17) is 23.1 Å². The average Bonchev–Trinajstić information content (AvgIpc) is 3.34. The second-order valence-corrected chi connectivity index (χ2v) is 11.8. The molecule has 4 N–H and O–H groups in total. The van der Waals surface area contributed by atoms with Crippen molar-refractivity contribution < 1.29 is 14.1 Å². The summed E-state index contributed by atoms with van der Waals surface area (Å²) < 4.78 is 0.783. The molecule has 0 atom stereocenters. The molecule has 1 aliphatic heterocycles. The summed E-state index contributed by atoms with van der Waals surface area (Å²) >= 11 is 7.42. The number of piperazine rings is 1. The number of halogens is 1. The third-order valence-corrected chi connectivity index (χ3v) is 8.63. The molecular formula is C28H26ClN8O2S+. The predicted molar refractivity (Wildman–Crippen MR) is 155 cm³/mol. The normalized spacial score (nSPS) is 15.1. The minimum atomic E-state index is -0.0829. The lowest BCUT2D eigenvalue weighted by Crippen LogP contribution is -2.63. The Morgan fingerprint density at radius 3 is 2.02 bits per heavy atom. The number of thiophene rings is 1. The van der Waals surface area contributed by atoms with Crippen LogP contribution >= 0.6 is 22.9 Å². The van der Waals surface area contributed by atoms with Crippen LogP contribution in [-0.2, 0) is 29.1 Å². The Morgan fingerprint density at radius 1 is 0.900 bits per heavy atom. The number of aromatic nitrogens is 4. The largest absolute Gasteiger partial charge is 0.383 e. The molecule has 0 aliphatic carbocycles. The average molecular weight is 574 g/mol. The zero-order chi connectivity index (χ0) is 27.9. The fourth-order valence-electron chi connectivity index (χ4n) is 5.28. The van der Waals surface area contributed by atoms with Gasteiger partial charge in [-0.15, -0.1) is 11.3 Å². The first-order valence-corrected chi connectivity index (χ1v) is 13.9. The number of hydrogen-bond donors (Lipinski definition) is 2. The molecule has 1 aliphatic rings. The summed E-state index contributed by atoms with van der Waals surface area (Å²) in [4.78, 5) is 46.5. The summed E-state index contributed by atoms with van der Waals surface area (Å²) in [5.41, 5.74) is 15.4. The summed E-state index contributed by atoms with van der Waals surface area (Å²) in [5.74, 6) is 0.704. The second-order valence-electron chi connectivity index (χ2n) is 10.00. The van der Waals surface area contributed by atoms with Gasteiger partial charge < -0.3 is 16.4 Å². The molecule has 6 rings (SSSR count). The van der Waals surface area contributed by atoms with Crippen molar-refractivity contribution in [1.29, 1.82) is 0 Å². The number of fused-ring (bicyclic) bond motifs is 2. The highest BCUT2D eigenvalue weighted by atomic mass is 35.5. The molecule has 2 amide bonds. The number of nitrogen functional groups attached to an aromatic ring is 2. The Kier molecular flexibility index (Phi) is 6.78. The number of carbonyl (C=O) groups excluding carboxylic acids is 2. The fraction of sp³-hybridized carbons (Fsp3) is 0.214. The van der Waals surface area contributed by atoms with Crippen LogP contribution in [0.5, 0.6) is 0 Å². The minimum absolute atomic E-state index is 0.0311. The van der Waals surface area contributed by atoms with Gasteiger partial charge in [-0.05, 0) is 36.4 Å². The number of benzene rings is 2. The van der Waals surface area contributed by atoms with E-state index in [0.29, 0.717) is 42.2 Å². The Labute approximate surface area is 238 Å². The van der Waals surface area contributed by atoms with Gasteiger partial charge in [0, 0.05) is 26.8 Å². The van der Waals surface area contributed by atoms with E-state index in [2.05, 4.69) is 19.9 Å². The molecule has 5 aromatic rings. The first kappa shape index (κ1) is 26.1. The van der Waals surface area contributed by atoms with Gasteiger partial charge in [-0.1, -0.05) is 23.7 Å². The standard InChI is InChI=1S/C28H26ClN8O2S/c29-24-6-3-19(40-24)11-25(38)36-7-8-37(26(39)12-36,13-17-1-4-20-22(9-17)32-15-34-27(20)30)14-18-2-5-21-23(10-18)33-16-35-28(21)31/h1-6,9-10,15-16H,7-8,11-14H2,(H2,30,32,34)(H2,31,33,35)/q+1. The second kappa shape index (κ2) is 10.4. The highest BCUT2D eigenvalue weighted by Gasteiger charge is 2.43. The third kappa shape index (κ3) is 5.06. The summed E-state index contributed by atoms with van der Waals surface area (Å²) in [6, 6.07) is 15.2. The summed E-state index contributed by atoms with van der Waals surface area (Å²) in [7, 11) is 0. The van der Waals surface area contributed by atoms with Crippen LogP contribution in [0.15, 0.2) is 61.2 Å². The molecule has 12 heteroatoms. The molecule has 0 saturated carbocycles. The van der Waals surface area contributed by atoms with Gasteiger partial charge in [0.05, 0.1) is 28.3 Å². The van der Waals surface area contributed by atoms with Gasteiger partial charge in [0.15, 0.2) is 0 Å². The zero-order valence-corrected chi connectivity index (χ0v) is 23.0. The van der Waals surface area contributed by atoms with E-state index < -0.39 is 0 Å². The quantitative estimate of drug-likeness (QED) is 0.294. The number of rotatable bonds is 6. The first-order valence-electron chi connectivity index (χ1n) is 12.7. The molecule has 0 radical (unpaired) electrons. The lowest BCUT2D eigenvalue weighted by Gasteiger charge is -2.42. The maximum atomic E-state index is 14.0. The number of nitrogens with zero attached hydrogens (tertiary/aromatic N) is 6. The first-order chi connectivity index (χ1) is 19.3. The Hall–Kier alpha value is -4.19. The van der Waals surface area contributed by atoms with Crippen LogP contribution in [0, 0.1) is 0 Å². The van der Waals surface area contributed by atoms with Gasteiger partial charge >= 0.3 is 5.91 Å². The molecule has 1 saturated heterocycles. The van der Waals surface area contributed by atoms with Gasteiger partial charge in [-0.3, -0.25) is 4.79 Å². The van der Waals surface area contributed by atoms with Crippen molar-refractivity contribution in [2.75, 3.05) is 31.1 Å². The molecular weight excluding hydrogens is 548 g/mol. The fourth-order valence-corrected chi connectivity index (χ4v) is 6.36. The van der Waals surface area contributed by atoms with Crippen molar-refractivity contribution in [3.63, 3.8) is 0 Å². The molecule has 2 aromatic carbocycles. The molecule has 0 unspecified atom stereocenters. The van der Waals surface area contributed by atoms with Gasteiger partial charge in [-0.25, -0.2) is 29.2 Å². The van der Waals surface area contributed by atoms with Crippen LogP contribution in [0.2, 0.25) is 4.34 Å². The number of carbonyl (C=O) groups is 2. The zero-order valence-electron chi connectivity index (χ0n) is 21.5. The monoisotopic (exact) mass is 573 g/mol. The van der Waals surface area contributed by atoms with E-state index in [1.165, 1.54) is 24.0 Å². The Morgan fingerprint density at radius 2 is 1.50 bits per heavy atom. The molecule has 40 heavy (non-hydrogen) atoms. The van der Waals surface area contributed by atoms with Crippen molar-refractivity contribution in [3.05, 3.63) is 81.5 Å². The topological polar surface area (TPSA) is 141 Å². The van der Waals surface area contributed by atoms with E-state index >= 15 is 0 Å². The van der Waals surface area contributed by atoms with E-state index in [1.807, 2.05) is 42.5 Å². The highest BCUT2D eigenvalue weighted by Crippen LogP contribution is 2.29. The Bertz CT molecular complexity index is 1690. The molecule has 1 fully saturated rings. The van der Waals surface area contributed by atoms with Gasteiger partial charge in [0.25, 0.3) is 0 Å². The molecule has 10 nitrogen and oxygen atoms in total. The van der Waals surface area contributed by atoms with Gasteiger partial charge in [0.1, 0.15) is 50.5 Å². The number of nitrogens with two attached hydrogens (primary N) is 2. The SMILES string of the molecule is Nc1ncnc2cc(C[N+]3(Cc4ccc5c(N)ncnc5c4)CCN(C(=O)Cc4ccc(Cl)s4)CC3=O)ccc12. The maximum absolute atomic E-state index is 14.0. The van der Waals surface area contributed by atoms with Crippen molar-refractivity contribution in [3.8, 4) is 0 Å². The van der Waals surface area contributed by atoms with Crippen molar-refractivity contribution >= 4 is 68.2 Å². The van der Waals surface area contributed by atoms with Crippen LogP contribution in [-0.4, -0.2) is 60.8 Å².